The fraction of sp³-hybridized carbons (Fsp3) is 0.333. The van der Waals surface area contributed by atoms with Crippen LogP contribution in [0.5, 0.6) is 0 Å². The van der Waals surface area contributed by atoms with E-state index >= 15 is 0 Å². The topological polar surface area (TPSA) is 50.1 Å². The van der Waals surface area contributed by atoms with Crippen LogP contribution >= 0.6 is 12.6 Å². The second kappa shape index (κ2) is 5.57. The molecule has 0 amide bonds. The molecule has 0 saturated carbocycles. The number of esters is 1. The highest BCUT2D eigenvalue weighted by molar-refractivity contribution is 7.80. The molecule has 0 saturated heterocycles. The SMILES string of the molecule is CCc1c(CC(=O)OC)ccc(C#N)c1S. The van der Waals surface area contributed by atoms with Crippen LogP contribution in [0.3, 0.4) is 0 Å². The van der Waals surface area contributed by atoms with Crippen molar-refractivity contribution in [2.45, 2.75) is 24.7 Å². The molecule has 1 aromatic rings. The molecule has 0 radical (unpaired) electrons. The minimum atomic E-state index is -0.285. The largest absolute Gasteiger partial charge is 0.469 e. The molecule has 3 nitrogen and oxygen atoms in total. The van der Waals surface area contributed by atoms with E-state index in [2.05, 4.69) is 23.4 Å². The van der Waals surface area contributed by atoms with Crippen molar-refractivity contribution < 1.29 is 9.53 Å². The average molecular weight is 235 g/mol. The van der Waals surface area contributed by atoms with Gasteiger partial charge in [-0.3, -0.25) is 4.79 Å². The Morgan fingerprint density at radius 2 is 2.25 bits per heavy atom. The van der Waals surface area contributed by atoms with E-state index in [1.54, 1.807) is 12.1 Å². The van der Waals surface area contributed by atoms with E-state index in [1.807, 2.05) is 6.92 Å². The van der Waals surface area contributed by atoms with E-state index in [9.17, 15) is 4.79 Å². The van der Waals surface area contributed by atoms with E-state index in [0.717, 1.165) is 17.5 Å². The Morgan fingerprint density at radius 1 is 1.56 bits per heavy atom. The van der Waals surface area contributed by atoms with Crippen LogP contribution in [0.4, 0.5) is 0 Å². The smallest absolute Gasteiger partial charge is 0.309 e. The normalized spacial score (nSPS) is 9.62. The van der Waals surface area contributed by atoms with Gasteiger partial charge in [0.2, 0.25) is 0 Å². The number of hydrogen-bond acceptors (Lipinski definition) is 4. The third kappa shape index (κ3) is 2.56. The second-order valence-corrected chi connectivity index (χ2v) is 3.76. The molecular weight excluding hydrogens is 222 g/mol. The summed E-state index contributed by atoms with van der Waals surface area (Å²) in [7, 11) is 1.36. The quantitative estimate of drug-likeness (QED) is 0.645. The molecule has 1 aromatic carbocycles. The van der Waals surface area contributed by atoms with Gasteiger partial charge in [0.25, 0.3) is 0 Å². The number of hydrogen-bond donors (Lipinski definition) is 1. The number of carbonyl (C=O) groups excluding carboxylic acids is 1. The number of methoxy groups -OCH3 is 1. The molecule has 0 unspecified atom stereocenters. The fourth-order valence-electron chi connectivity index (χ4n) is 1.56. The van der Waals surface area contributed by atoms with Crippen LogP contribution in [0.25, 0.3) is 0 Å². The fourth-order valence-corrected chi connectivity index (χ4v) is 1.98. The van der Waals surface area contributed by atoms with Crippen molar-refractivity contribution in [1.29, 1.82) is 5.26 Å². The monoisotopic (exact) mass is 235 g/mol. The van der Waals surface area contributed by atoms with Crippen LogP contribution in [-0.2, 0) is 22.4 Å². The van der Waals surface area contributed by atoms with Gasteiger partial charge in [-0.1, -0.05) is 13.0 Å². The first-order valence-corrected chi connectivity index (χ1v) is 5.39. The standard InChI is InChI=1S/C12H13NO2S/c1-3-10-8(6-11(14)15-2)4-5-9(7-13)12(10)16/h4-5,16H,3,6H2,1-2H3. The predicted molar refractivity (Wildman–Crippen MR) is 63.5 cm³/mol. The molecule has 0 aliphatic rings. The van der Waals surface area contributed by atoms with E-state index in [1.165, 1.54) is 7.11 Å². The molecule has 0 aliphatic carbocycles. The van der Waals surface area contributed by atoms with Gasteiger partial charge in [-0.2, -0.15) is 5.26 Å². The molecule has 0 bridgehead atoms. The van der Waals surface area contributed by atoms with Gasteiger partial charge in [-0.15, -0.1) is 12.6 Å². The average Bonchev–Trinajstić information content (AvgIpc) is 2.29. The van der Waals surface area contributed by atoms with Crippen molar-refractivity contribution in [3.63, 3.8) is 0 Å². The molecule has 0 atom stereocenters. The van der Waals surface area contributed by atoms with Crippen LogP contribution in [-0.4, -0.2) is 13.1 Å². The summed E-state index contributed by atoms with van der Waals surface area (Å²) in [6.07, 6.45) is 0.958. The number of thiol groups is 1. The van der Waals surface area contributed by atoms with E-state index < -0.39 is 0 Å². The Kier molecular flexibility index (Phi) is 4.39. The van der Waals surface area contributed by atoms with E-state index in [4.69, 9.17) is 5.26 Å². The molecule has 4 heteroatoms. The van der Waals surface area contributed by atoms with Gasteiger partial charge in [0.15, 0.2) is 0 Å². The second-order valence-electron chi connectivity index (χ2n) is 3.32. The summed E-state index contributed by atoms with van der Waals surface area (Å²) in [6, 6.07) is 5.54. The van der Waals surface area contributed by atoms with Crippen molar-refractivity contribution in [3.8, 4) is 6.07 Å². The first-order chi connectivity index (χ1) is 7.63. The summed E-state index contributed by atoms with van der Waals surface area (Å²) < 4.78 is 4.62. The highest BCUT2D eigenvalue weighted by atomic mass is 32.1. The van der Waals surface area contributed by atoms with Crippen LogP contribution in [0, 0.1) is 11.3 Å². The maximum atomic E-state index is 11.2. The Hall–Kier alpha value is -1.47. The Bertz CT molecular complexity index is 449. The molecule has 0 fully saturated rings. The first kappa shape index (κ1) is 12.6. The van der Waals surface area contributed by atoms with E-state index in [-0.39, 0.29) is 12.4 Å². The lowest BCUT2D eigenvalue weighted by atomic mass is 9.99. The minimum absolute atomic E-state index is 0.221. The third-order valence-electron chi connectivity index (χ3n) is 2.42. The van der Waals surface area contributed by atoms with Crippen molar-refractivity contribution in [1.82, 2.24) is 0 Å². The lowest BCUT2D eigenvalue weighted by Gasteiger charge is -2.10. The maximum Gasteiger partial charge on any atom is 0.309 e. The molecule has 0 N–H and O–H groups in total. The zero-order valence-electron chi connectivity index (χ0n) is 9.28. The molecule has 16 heavy (non-hydrogen) atoms. The van der Waals surface area contributed by atoms with Crippen LogP contribution < -0.4 is 0 Å². The van der Waals surface area contributed by atoms with Crippen LogP contribution in [0.2, 0.25) is 0 Å². The molecule has 0 heterocycles. The number of carbonyl (C=O) groups is 1. The highest BCUT2D eigenvalue weighted by Gasteiger charge is 2.12. The Labute approximate surface area is 100 Å². The third-order valence-corrected chi connectivity index (χ3v) is 2.93. The molecular formula is C12H13NO2S. The summed E-state index contributed by atoms with van der Waals surface area (Å²) in [6.45, 7) is 1.97. The lowest BCUT2D eigenvalue weighted by Crippen LogP contribution is -2.07. The van der Waals surface area contributed by atoms with Crippen molar-refractivity contribution in [2.24, 2.45) is 0 Å². The van der Waals surface area contributed by atoms with Gasteiger partial charge >= 0.3 is 5.97 Å². The molecule has 84 valence electrons. The highest BCUT2D eigenvalue weighted by Crippen LogP contribution is 2.23. The number of nitrogens with zero attached hydrogens (tertiary/aromatic N) is 1. The summed E-state index contributed by atoms with van der Waals surface area (Å²) in [5, 5.41) is 8.87. The van der Waals surface area contributed by atoms with Crippen molar-refractivity contribution >= 4 is 18.6 Å². The van der Waals surface area contributed by atoms with Gasteiger partial charge in [-0.05, 0) is 23.6 Å². The first-order valence-electron chi connectivity index (χ1n) is 4.94. The number of rotatable bonds is 3. The summed E-state index contributed by atoms with van der Waals surface area (Å²) in [5.74, 6) is -0.285. The summed E-state index contributed by atoms with van der Waals surface area (Å²) in [4.78, 5) is 11.9. The van der Waals surface area contributed by atoms with Crippen molar-refractivity contribution in [2.75, 3.05) is 7.11 Å². The number of benzene rings is 1. The number of ether oxygens (including phenoxy) is 1. The molecule has 0 spiro atoms. The van der Waals surface area contributed by atoms with Gasteiger partial charge in [-0.25, -0.2) is 0 Å². The van der Waals surface area contributed by atoms with Gasteiger partial charge < -0.3 is 4.74 Å². The molecule has 0 aliphatic heterocycles. The van der Waals surface area contributed by atoms with Gasteiger partial charge in [0, 0.05) is 4.90 Å². The van der Waals surface area contributed by atoms with Crippen LogP contribution in [0.1, 0.15) is 23.6 Å². The zero-order valence-corrected chi connectivity index (χ0v) is 10.2. The number of nitriles is 1. The van der Waals surface area contributed by atoms with Crippen molar-refractivity contribution in [3.05, 3.63) is 28.8 Å². The Morgan fingerprint density at radius 3 is 2.75 bits per heavy atom. The zero-order chi connectivity index (χ0) is 12.1. The predicted octanol–water partition coefficient (Wildman–Crippen LogP) is 2.12. The van der Waals surface area contributed by atoms with Crippen LogP contribution in [0.15, 0.2) is 17.0 Å². The Balaban J connectivity index is 3.17. The van der Waals surface area contributed by atoms with Gasteiger partial charge in [0.1, 0.15) is 6.07 Å². The molecule has 0 aromatic heterocycles. The lowest BCUT2D eigenvalue weighted by molar-refractivity contribution is -0.139. The summed E-state index contributed by atoms with van der Waals surface area (Å²) in [5.41, 5.74) is 2.35. The molecule has 1 rings (SSSR count). The minimum Gasteiger partial charge on any atom is -0.469 e. The summed E-state index contributed by atoms with van der Waals surface area (Å²) >= 11 is 4.32. The maximum absolute atomic E-state index is 11.2. The van der Waals surface area contributed by atoms with Gasteiger partial charge in [0.05, 0.1) is 19.1 Å². The van der Waals surface area contributed by atoms with E-state index in [0.29, 0.717) is 10.5 Å².